The Morgan fingerprint density at radius 1 is 0.846 bits per heavy atom. The second kappa shape index (κ2) is 23.3. The van der Waals surface area contributed by atoms with Gasteiger partial charge in [0.1, 0.15) is 5.82 Å². The first kappa shape index (κ1) is 35.6. The highest BCUT2D eigenvalue weighted by molar-refractivity contribution is 6.18. The summed E-state index contributed by atoms with van der Waals surface area (Å²) in [5, 5.41) is 0. The van der Waals surface area contributed by atoms with Gasteiger partial charge in [-0.25, -0.2) is 4.98 Å². The quantitative estimate of drug-likeness (QED) is 0.0833. The first-order valence-corrected chi connectivity index (χ1v) is 16.5. The van der Waals surface area contributed by atoms with E-state index in [9.17, 15) is 4.79 Å². The number of unbranched alkanes of at least 4 members (excludes halogenated alkanes) is 12. The zero-order valence-electron chi connectivity index (χ0n) is 25.3. The van der Waals surface area contributed by atoms with Gasteiger partial charge in [-0.05, 0) is 24.6 Å². The molecule has 0 N–H and O–H groups in total. The molecule has 0 atom stereocenters. The van der Waals surface area contributed by atoms with E-state index in [0.29, 0.717) is 18.2 Å². The standard InChI is InChI=1S/C17H23Cl2N3O2.C15H32/c1-21-15-7-6-13(22(10-8-18)11-9-19)12-14(15)20-16(21)4-3-5-17(23)24-2;1-3-5-7-9-11-13-15-14-12-10-8-6-4-2/h6-7,12H,3-5,8-11H2,1-2H3;3-15H2,1-2H3. The molecule has 0 aliphatic carbocycles. The van der Waals surface area contributed by atoms with E-state index >= 15 is 0 Å². The van der Waals surface area contributed by atoms with Gasteiger partial charge < -0.3 is 14.2 Å². The van der Waals surface area contributed by atoms with Crippen LogP contribution in [0.1, 0.15) is 116 Å². The molecule has 1 heterocycles. The van der Waals surface area contributed by atoms with Crippen LogP contribution < -0.4 is 4.90 Å². The number of alkyl halides is 2. The number of aryl methyl sites for hydroxylation is 2. The number of nitrogens with zero attached hydrogens (tertiary/aromatic N) is 3. The van der Waals surface area contributed by atoms with Crippen molar-refractivity contribution in [2.75, 3.05) is 36.9 Å². The smallest absolute Gasteiger partial charge is 0.305 e. The largest absolute Gasteiger partial charge is 0.469 e. The number of halogens is 2. The Morgan fingerprint density at radius 3 is 1.82 bits per heavy atom. The maximum atomic E-state index is 11.2. The number of methoxy groups -OCH3 is 1. The number of carbonyl (C=O) groups excluding carboxylic acids is 1. The first-order chi connectivity index (χ1) is 19.0. The number of esters is 1. The van der Waals surface area contributed by atoms with Crippen LogP contribution in [0.5, 0.6) is 0 Å². The molecular weight excluding hydrogens is 529 g/mol. The summed E-state index contributed by atoms with van der Waals surface area (Å²) in [6, 6.07) is 6.20. The molecule has 0 saturated carbocycles. The normalized spacial score (nSPS) is 10.9. The minimum atomic E-state index is -0.186. The molecule has 5 nitrogen and oxygen atoms in total. The minimum Gasteiger partial charge on any atom is -0.469 e. The van der Waals surface area contributed by atoms with Crippen LogP contribution >= 0.6 is 23.2 Å². The Hall–Kier alpha value is -1.46. The zero-order valence-corrected chi connectivity index (χ0v) is 26.8. The van der Waals surface area contributed by atoms with Gasteiger partial charge in [0.25, 0.3) is 0 Å². The lowest BCUT2D eigenvalue weighted by Gasteiger charge is -2.22. The molecule has 39 heavy (non-hydrogen) atoms. The third-order valence-corrected chi connectivity index (χ3v) is 7.59. The molecule has 0 amide bonds. The van der Waals surface area contributed by atoms with Gasteiger partial charge in [-0.3, -0.25) is 4.79 Å². The van der Waals surface area contributed by atoms with E-state index in [2.05, 4.69) is 46.3 Å². The Balaban J connectivity index is 0.000000439. The van der Waals surface area contributed by atoms with Gasteiger partial charge in [-0.15, -0.1) is 23.2 Å². The van der Waals surface area contributed by atoms with Crippen LogP contribution in [-0.2, 0) is 23.0 Å². The van der Waals surface area contributed by atoms with Crippen molar-refractivity contribution in [1.29, 1.82) is 0 Å². The van der Waals surface area contributed by atoms with Gasteiger partial charge in [0, 0.05) is 50.4 Å². The first-order valence-electron chi connectivity index (χ1n) is 15.4. The Morgan fingerprint density at radius 2 is 1.36 bits per heavy atom. The van der Waals surface area contributed by atoms with Crippen molar-refractivity contribution in [1.82, 2.24) is 9.55 Å². The van der Waals surface area contributed by atoms with Gasteiger partial charge in [-0.1, -0.05) is 97.3 Å². The van der Waals surface area contributed by atoms with E-state index in [-0.39, 0.29) is 5.97 Å². The molecule has 1 aromatic carbocycles. The Bertz CT molecular complexity index is 870. The van der Waals surface area contributed by atoms with Gasteiger partial charge in [0.05, 0.1) is 18.1 Å². The number of fused-ring (bicyclic) bond motifs is 1. The van der Waals surface area contributed by atoms with Gasteiger partial charge >= 0.3 is 5.97 Å². The molecule has 2 rings (SSSR count). The van der Waals surface area contributed by atoms with Crippen LogP contribution in [0.15, 0.2) is 18.2 Å². The van der Waals surface area contributed by atoms with Crippen LogP contribution in [0, 0.1) is 0 Å². The van der Waals surface area contributed by atoms with E-state index in [1.807, 2.05) is 7.05 Å². The van der Waals surface area contributed by atoms with Crippen molar-refractivity contribution in [3.63, 3.8) is 0 Å². The number of benzene rings is 1. The molecule has 0 saturated heterocycles. The van der Waals surface area contributed by atoms with E-state index in [1.165, 1.54) is 90.6 Å². The highest BCUT2D eigenvalue weighted by atomic mass is 35.5. The van der Waals surface area contributed by atoms with Crippen molar-refractivity contribution in [3.8, 4) is 0 Å². The van der Waals surface area contributed by atoms with Gasteiger partial charge in [0.15, 0.2) is 0 Å². The lowest BCUT2D eigenvalue weighted by atomic mass is 10.1. The van der Waals surface area contributed by atoms with E-state index in [1.54, 1.807) is 0 Å². The van der Waals surface area contributed by atoms with Crippen LogP contribution in [-0.4, -0.2) is 47.5 Å². The fourth-order valence-corrected chi connectivity index (χ4v) is 5.22. The molecule has 7 heteroatoms. The molecule has 0 bridgehead atoms. The molecule has 2 aromatic rings. The number of aromatic nitrogens is 2. The third-order valence-electron chi connectivity index (χ3n) is 7.25. The fraction of sp³-hybridized carbons (Fsp3) is 0.750. The summed E-state index contributed by atoms with van der Waals surface area (Å²) in [5.41, 5.74) is 3.09. The number of hydrogen-bond acceptors (Lipinski definition) is 4. The maximum absolute atomic E-state index is 11.2. The monoisotopic (exact) mass is 583 g/mol. The highest BCUT2D eigenvalue weighted by Crippen LogP contribution is 2.23. The number of imidazole rings is 1. The summed E-state index contributed by atoms with van der Waals surface area (Å²) in [5.74, 6) is 1.88. The lowest BCUT2D eigenvalue weighted by molar-refractivity contribution is -0.140. The maximum Gasteiger partial charge on any atom is 0.305 e. The van der Waals surface area contributed by atoms with Crippen molar-refractivity contribution in [2.45, 2.75) is 117 Å². The molecule has 0 spiro atoms. The molecule has 0 radical (unpaired) electrons. The predicted molar refractivity (Wildman–Crippen MR) is 171 cm³/mol. The fourth-order valence-electron chi connectivity index (χ4n) is 4.82. The average molecular weight is 585 g/mol. The number of rotatable bonds is 21. The van der Waals surface area contributed by atoms with Crippen molar-refractivity contribution in [2.24, 2.45) is 7.05 Å². The predicted octanol–water partition coefficient (Wildman–Crippen LogP) is 9.45. The summed E-state index contributed by atoms with van der Waals surface area (Å²) >= 11 is 11.8. The Kier molecular flexibility index (Phi) is 21.2. The van der Waals surface area contributed by atoms with Crippen LogP contribution in [0.3, 0.4) is 0 Å². The molecular formula is C32H55Cl2N3O2. The van der Waals surface area contributed by atoms with Crippen LogP contribution in [0.2, 0.25) is 0 Å². The van der Waals surface area contributed by atoms with Gasteiger partial charge in [-0.2, -0.15) is 0 Å². The number of hydrogen-bond donors (Lipinski definition) is 0. The topological polar surface area (TPSA) is 47.4 Å². The summed E-state index contributed by atoms with van der Waals surface area (Å²) in [4.78, 5) is 18.1. The van der Waals surface area contributed by atoms with E-state index < -0.39 is 0 Å². The minimum absolute atomic E-state index is 0.186. The molecule has 0 aliphatic heterocycles. The third kappa shape index (κ3) is 15.2. The molecule has 1 aromatic heterocycles. The second-order valence-electron chi connectivity index (χ2n) is 10.4. The number of ether oxygens (including phenoxy) is 1. The van der Waals surface area contributed by atoms with Crippen molar-refractivity contribution in [3.05, 3.63) is 24.0 Å². The van der Waals surface area contributed by atoms with Crippen molar-refractivity contribution >= 4 is 45.9 Å². The van der Waals surface area contributed by atoms with Crippen LogP contribution in [0.4, 0.5) is 5.69 Å². The SMILES string of the molecule is CCCCCCCCCCCCCCC.COC(=O)CCCc1nc2cc(N(CCCl)CCCl)ccc2n1C. The molecule has 224 valence electrons. The highest BCUT2D eigenvalue weighted by Gasteiger charge is 2.12. The molecule has 0 aliphatic rings. The van der Waals surface area contributed by atoms with Crippen LogP contribution in [0.25, 0.3) is 11.0 Å². The average Bonchev–Trinajstić information content (AvgIpc) is 3.26. The molecule has 0 unspecified atom stereocenters. The van der Waals surface area contributed by atoms with E-state index in [0.717, 1.165) is 48.5 Å². The summed E-state index contributed by atoms with van der Waals surface area (Å²) in [6.45, 7) is 6.07. The molecule has 0 fully saturated rings. The second-order valence-corrected chi connectivity index (χ2v) is 11.2. The number of carbonyl (C=O) groups is 1. The van der Waals surface area contributed by atoms with Gasteiger partial charge in [0.2, 0.25) is 0 Å². The number of anilines is 1. The zero-order chi connectivity index (χ0) is 28.7. The summed E-state index contributed by atoms with van der Waals surface area (Å²) < 4.78 is 6.75. The summed E-state index contributed by atoms with van der Waals surface area (Å²) in [6.07, 6.45) is 20.8. The Labute approximate surface area is 249 Å². The van der Waals surface area contributed by atoms with Crippen molar-refractivity contribution < 1.29 is 9.53 Å². The lowest BCUT2D eigenvalue weighted by Crippen LogP contribution is -2.27. The summed E-state index contributed by atoms with van der Waals surface area (Å²) in [7, 11) is 3.41. The van der Waals surface area contributed by atoms with E-state index in [4.69, 9.17) is 28.2 Å².